The molecule has 2 aliphatic rings. The SMILES string of the molecule is CC#N.CC#N.COc1ccc(N2C[PH+](c3ccccc3)CC[PH+](c3ccccc3)C2)cc1.COc1ccc(N2C[PH+](c3ccccc3)CC[PH+](c3ccccc3)C2)cc1.F[B-](F)(F)F.F[B-](F)(F)F.[Ni+2]. The van der Waals surface area contributed by atoms with Crippen LogP contribution in [-0.2, 0) is 16.5 Å². The maximum absolute atomic E-state index is 9.75. The summed E-state index contributed by atoms with van der Waals surface area (Å²) < 4.78 is 88.7. The fraction of sp³-hybridized carbons (Fsp3) is 0.240. The third kappa shape index (κ3) is 25.5. The van der Waals surface area contributed by atoms with Crippen LogP contribution in [0, 0.1) is 22.7 Å². The number of methoxy groups -OCH3 is 2. The Morgan fingerprint density at radius 3 is 0.746 bits per heavy atom. The molecule has 0 N–H and O–H groups in total. The standard InChI is InChI=1S/2C23H25NOP2.2C2H3N.2BF4.Ni/c2*1-25-21-14-12-20(13-15-21)24-18-26(22-8-4-2-5-9-22)16-17-27(19-24)23-10-6-3-7-11-23;2*1-2-3;2*2-1(3,4)5;/h2*2-15H,16-19H2,1H3;2*1H3;;;/q;;;;2*-1;+2/p+4. The van der Waals surface area contributed by atoms with Gasteiger partial charge in [0.05, 0.1) is 104 Å². The van der Waals surface area contributed by atoms with E-state index in [4.69, 9.17) is 20.0 Å². The van der Waals surface area contributed by atoms with Gasteiger partial charge in [0.25, 0.3) is 0 Å². The Hall–Kier alpha value is -4.72. The first kappa shape index (κ1) is 62.4. The molecule has 0 saturated carbocycles. The van der Waals surface area contributed by atoms with Gasteiger partial charge in [0.1, 0.15) is 36.6 Å². The smallest absolute Gasteiger partial charge is 0.497 e. The van der Waals surface area contributed by atoms with Crippen molar-refractivity contribution >= 4 is 78.8 Å². The summed E-state index contributed by atoms with van der Waals surface area (Å²) in [7, 11) is -10.9. The Labute approximate surface area is 428 Å². The van der Waals surface area contributed by atoms with Crippen LogP contribution in [0.15, 0.2) is 170 Å². The summed E-state index contributed by atoms with van der Waals surface area (Å²) in [5, 5.41) is 20.9. The molecule has 0 aliphatic carbocycles. The minimum atomic E-state index is -6.00. The zero-order chi connectivity index (χ0) is 51.4. The van der Waals surface area contributed by atoms with Crippen molar-refractivity contribution < 1.29 is 60.5 Å². The van der Waals surface area contributed by atoms with Gasteiger partial charge >= 0.3 is 31.0 Å². The maximum atomic E-state index is 9.75. The Morgan fingerprint density at radius 2 is 0.577 bits per heavy atom. The number of hydrogen-bond acceptors (Lipinski definition) is 6. The predicted octanol–water partition coefficient (Wildman–Crippen LogP) is 12.7. The average molecular weight is 1110 g/mol. The summed E-state index contributed by atoms with van der Waals surface area (Å²) in [5.74, 6) is 1.85. The summed E-state index contributed by atoms with van der Waals surface area (Å²) in [6.45, 7) is 2.86. The minimum absolute atomic E-state index is 0. The number of ether oxygens (including phenoxy) is 2. The molecule has 0 bridgehead atoms. The summed E-state index contributed by atoms with van der Waals surface area (Å²) in [4.78, 5) is 5.30. The second kappa shape index (κ2) is 33.8. The number of hydrogen-bond donors (Lipinski definition) is 0. The maximum Gasteiger partial charge on any atom is 2.00 e. The first-order valence-corrected chi connectivity index (χ1v) is 29.9. The third-order valence-corrected chi connectivity index (χ3v) is 22.7. The fourth-order valence-corrected chi connectivity index (χ4v) is 21.0. The second-order valence-corrected chi connectivity index (χ2v) is 25.8. The van der Waals surface area contributed by atoms with Crippen LogP contribution in [0.5, 0.6) is 11.5 Å². The van der Waals surface area contributed by atoms with Gasteiger partial charge in [-0.3, -0.25) is 0 Å². The van der Waals surface area contributed by atoms with Gasteiger partial charge in [0.15, 0.2) is 0 Å². The summed E-state index contributed by atoms with van der Waals surface area (Å²) >= 11 is 0. The van der Waals surface area contributed by atoms with E-state index in [9.17, 15) is 34.5 Å². The van der Waals surface area contributed by atoms with Gasteiger partial charge in [-0.1, -0.05) is 72.8 Å². The van der Waals surface area contributed by atoms with Gasteiger partial charge in [-0.2, -0.15) is 10.5 Å². The molecule has 2 fully saturated rings. The topological polar surface area (TPSA) is 72.5 Å². The van der Waals surface area contributed by atoms with E-state index in [2.05, 4.69) is 180 Å². The molecule has 2 saturated heterocycles. The van der Waals surface area contributed by atoms with Crippen LogP contribution in [0.4, 0.5) is 45.9 Å². The molecule has 2 aliphatic heterocycles. The van der Waals surface area contributed by atoms with Crippen LogP contribution in [0.2, 0.25) is 0 Å². The van der Waals surface area contributed by atoms with Gasteiger partial charge in [0.2, 0.25) is 0 Å². The van der Waals surface area contributed by atoms with Crippen molar-refractivity contribution in [1.29, 1.82) is 10.5 Å². The number of anilines is 2. The third-order valence-electron chi connectivity index (χ3n) is 10.6. The Balaban J connectivity index is 0.000000370. The van der Waals surface area contributed by atoms with Gasteiger partial charge < -0.3 is 53.8 Å². The Bertz CT molecular complexity index is 2140. The van der Waals surface area contributed by atoms with Crippen molar-refractivity contribution in [3.63, 3.8) is 0 Å². The zero-order valence-electron chi connectivity index (χ0n) is 39.9. The zero-order valence-corrected chi connectivity index (χ0v) is 44.9. The van der Waals surface area contributed by atoms with Crippen molar-refractivity contribution in [3.8, 4) is 23.6 Å². The van der Waals surface area contributed by atoms with E-state index >= 15 is 0 Å². The molecule has 2 heterocycles. The van der Waals surface area contributed by atoms with Crippen LogP contribution in [-0.4, -0.2) is 78.5 Å². The first-order valence-electron chi connectivity index (χ1n) is 22.2. The Morgan fingerprint density at radius 1 is 0.394 bits per heavy atom. The van der Waals surface area contributed by atoms with E-state index in [-0.39, 0.29) is 16.5 Å². The molecule has 0 aromatic heterocycles. The van der Waals surface area contributed by atoms with Crippen LogP contribution in [0.3, 0.4) is 0 Å². The molecule has 0 radical (unpaired) electrons. The Kier molecular flexibility index (Phi) is 29.7. The summed E-state index contributed by atoms with van der Waals surface area (Å²) in [6.07, 6.45) is 10.2. The van der Waals surface area contributed by atoms with E-state index in [1.807, 2.05) is 0 Å². The number of benzene rings is 6. The van der Waals surface area contributed by atoms with Crippen LogP contribution in [0.1, 0.15) is 13.8 Å². The molecule has 0 amide bonds. The van der Waals surface area contributed by atoms with E-state index in [0.717, 1.165) is 11.5 Å². The van der Waals surface area contributed by atoms with E-state index in [1.165, 1.54) is 75.0 Å². The number of nitriles is 2. The van der Waals surface area contributed by atoms with Crippen molar-refractivity contribution in [2.75, 3.05) is 73.8 Å². The van der Waals surface area contributed by atoms with Crippen LogP contribution >= 0.6 is 31.7 Å². The second-order valence-electron chi connectivity index (χ2n) is 15.4. The van der Waals surface area contributed by atoms with E-state index < -0.39 is 46.2 Å². The molecule has 4 unspecified atom stereocenters. The molecular weight excluding hydrogens is 1040 g/mol. The van der Waals surface area contributed by atoms with Gasteiger partial charge in [-0.25, -0.2) is 0 Å². The predicted molar refractivity (Wildman–Crippen MR) is 290 cm³/mol. The number of rotatable bonds is 8. The van der Waals surface area contributed by atoms with Gasteiger partial charge in [-0.15, -0.1) is 0 Å². The van der Waals surface area contributed by atoms with E-state index in [0.29, 0.717) is 0 Å². The molecule has 71 heavy (non-hydrogen) atoms. The first-order chi connectivity index (χ1) is 33.5. The molecule has 4 atom stereocenters. The largest absolute Gasteiger partial charge is 2.00 e. The number of nitrogens with zero attached hydrogens (tertiary/aromatic N) is 4. The normalized spacial score (nSPS) is 17.2. The molecular formula is C50H60B2F8N4NiO2P4+4. The minimum Gasteiger partial charge on any atom is -0.497 e. The van der Waals surface area contributed by atoms with Crippen molar-refractivity contribution in [3.05, 3.63) is 170 Å². The molecule has 6 aromatic rings. The molecule has 8 rings (SSSR count). The van der Waals surface area contributed by atoms with Crippen LogP contribution in [0.25, 0.3) is 0 Å². The van der Waals surface area contributed by atoms with Gasteiger partial charge in [0, 0.05) is 25.2 Å². The molecule has 6 nitrogen and oxygen atoms in total. The van der Waals surface area contributed by atoms with Crippen LogP contribution < -0.4 is 40.5 Å². The number of halogens is 8. The van der Waals surface area contributed by atoms with Gasteiger partial charge in [-0.05, 0) is 97.1 Å². The van der Waals surface area contributed by atoms with Crippen molar-refractivity contribution in [1.82, 2.24) is 0 Å². The quantitative estimate of drug-likeness (QED) is 0.0859. The summed E-state index contributed by atoms with van der Waals surface area (Å²) in [5.41, 5.74) is 2.66. The monoisotopic (exact) mass is 1100 g/mol. The molecule has 6 aromatic carbocycles. The average Bonchev–Trinajstić information content (AvgIpc) is 3.73. The summed E-state index contributed by atoms with van der Waals surface area (Å²) in [6, 6.07) is 65.5. The molecule has 380 valence electrons. The molecule has 0 spiro atoms. The van der Waals surface area contributed by atoms with Crippen molar-refractivity contribution in [2.24, 2.45) is 0 Å². The van der Waals surface area contributed by atoms with E-state index in [1.54, 1.807) is 47.6 Å². The van der Waals surface area contributed by atoms with Crippen molar-refractivity contribution in [2.45, 2.75) is 13.8 Å². The fourth-order valence-electron chi connectivity index (χ4n) is 7.54. The molecule has 21 heteroatoms.